The fourth-order valence-electron chi connectivity index (χ4n) is 2.79. The summed E-state index contributed by atoms with van der Waals surface area (Å²) >= 11 is 3.51. The predicted octanol–water partition coefficient (Wildman–Crippen LogP) is 2.71. The number of hydrogen-bond acceptors (Lipinski definition) is 4. The number of nitrogens with one attached hydrogen (secondary N) is 1. The molecular formula is C19H30BrN3O2. The Balaban J connectivity index is 1.62. The lowest BCUT2D eigenvalue weighted by Gasteiger charge is -2.32. The van der Waals surface area contributed by atoms with E-state index in [1.54, 1.807) is 0 Å². The molecule has 1 aliphatic rings. The van der Waals surface area contributed by atoms with Crippen LogP contribution in [0, 0.1) is 0 Å². The molecule has 1 aromatic rings. The van der Waals surface area contributed by atoms with Gasteiger partial charge in [-0.05, 0) is 59.6 Å². The second kappa shape index (κ2) is 10.1. The largest absolute Gasteiger partial charge is 0.483 e. The van der Waals surface area contributed by atoms with Crippen LogP contribution in [0.5, 0.6) is 5.75 Å². The van der Waals surface area contributed by atoms with Gasteiger partial charge < -0.3 is 19.9 Å². The Kier molecular flexibility index (Phi) is 8.19. The van der Waals surface area contributed by atoms with Crippen LogP contribution in [0.1, 0.15) is 31.7 Å². The highest BCUT2D eigenvalue weighted by Gasteiger charge is 2.13. The highest BCUT2D eigenvalue weighted by atomic mass is 79.9. The molecule has 25 heavy (non-hydrogen) atoms. The number of hydrogen-bond donors (Lipinski definition) is 1. The zero-order valence-electron chi connectivity index (χ0n) is 15.6. The average molecular weight is 412 g/mol. The van der Waals surface area contributed by atoms with E-state index in [1.165, 1.54) is 5.56 Å². The van der Waals surface area contributed by atoms with Crippen molar-refractivity contribution < 1.29 is 9.53 Å². The first kappa shape index (κ1) is 20.2. The zero-order chi connectivity index (χ0) is 18.2. The minimum Gasteiger partial charge on any atom is -0.483 e. The molecule has 1 N–H and O–H groups in total. The lowest BCUT2D eigenvalue weighted by atomic mass is 10.0. The third-order valence-electron chi connectivity index (χ3n) is 4.55. The molecule has 0 aromatic heterocycles. The van der Waals surface area contributed by atoms with Gasteiger partial charge in [-0.2, -0.15) is 0 Å². The number of ether oxygens (including phenoxy) is 1. The summed E-state index contributed by atoms with van der Waals surface area (Å²) in [6.07, 6.45) is 0.974. The molecule has 1 aromatic carbocycles. The molecule has 140 valence electrons. The van der Waals surface area contributed by atoms with Crippen molar-refractivity contribution in [2.24, 2.45) is 0 Å². The van der Waals surface area contributed by atoms with Gasteiger partial charge in [0, 0.05) is 32.7 Å². The normalized spacial score (nSPS) is 16.2. The SMILES string of the molecule is CC(C)c1ccc(OCC(=O)NCCCN2CCN(C)CC2)c(Br)c1. The van der Waals surface area contributed by atoms with E-state index >= 15 is 0 Å². The van der Waals surface area contributed by atoms with Crippen LogP contribution >= 0.6 is 15.9 Å². The number of piperazine rings is 1. The number of carbonyl (C=O) groups is 1. The molecule has 1 amide bonds. The van der Waals surface area contributed by atoms with Gasteiger partial charge in [0.05, 0.1) is 4.47 Å². The van der Waals surface area contributed by atoms with Crippen molar-refractivity contribution in [2.45, 2.75) is 26.2 Å². The van der Waals surface area contributed by atoms with E-state index in [2.05, 4.69) is 51.9 Å². The first-order chi connectivity index (χ1) is 12.0. The fraction of sp³-hybridized carbons (Fsp3) is 0.632. The van der Waals surface area contributed by atoms with E-state index in [1.807, 2.05) is 18.2 Å². The third-order valence-corrected chi connectivity index (χ3v) is 5.17. The number of benzene rings is 1. The smallest absolute Gasteiger partial charge is 0.257 e. The second-order valence-electron chi connectivity index (χ2n) is 6.98. The van der Waals surface area contributed by atoms with Gasteiger partial charge in [-0.3, -0.25) is 4.79 Å². The minimum absolute atomic E-state index is 0.0497. The number of rotatable bonds is 8. The van der Waals surface area contributed by atoms with Gasteiger partial charge in [-0.15, -0.1) is 0 Å². The lowest BCUT2D eigenvalue weighted by molar-refractivity contribution is -0.123. The van der Waals surface area contributed by atoms with Gasteiger partial charge >= 0.3 is 0 Å². The highest BCUT2D eigenvalue weighted by molar-refractivity contribution is 9.10. The van der Waals surface area contributed by atoms with Crippen LogP contribution < -0.4 is 10.1 Å². The number of amides is 1. The average Bonchev–Trinajstić information content (AvgIpc) is 2.59. The molecule has 1 fully saturated rings. The van der Waals surface area contributed by atoms with Crippen molar-refractivity contribution in [3.05, 3.63) is 28.2 Å². The van der Waals surface area contributed by atoms with Gasteiger partial charge in [-0.25, -0.2) is 0 Å². The van der Waals surface area contributed by atoms with E-state index in [4.69, 9.17) is 4.74 Å². The van der Waals surface area contributed by atoms with E-state index in [9.17, 15) is 4.79 Å². The molecule has 0 aliphatic carbocycles. The van der Waals surface area contributed by atoms with E-state index in [-0.39, 0.29) is 12.5 Å². The molecule has 6 heteroatoms. The Morgan fingerprint density at radius 1 is 1.28 bits per heavy atom. The predicted molar refractivity (Wildman–Crippen MR) is 105 cm³/mol. The third kappa shape index (κ3) is 6.96. The van der Waals surface area contributed by atoms with E-state index in [0.29, 0.717) is 18.2 Å². The van der Waals surface area contributed by atoms with Crippen molar-refractivity contribution >= 4 is 21.8 Å². The quantitative estimate of drug-likeness (QED) is 0.667. The molecule has 1 aliphatic heterocycles. The number of halogens is 1. The van der Waals surface area contributed by atoms with Crippen LogP contribution in [0.4, 0.5) is 0 Å². The molecule has 0 spiro atoms. The summed E-state index contributed by atoms with van der Waals surface area (Å²) < 4.78 is 6.51. The van der Waals surface area contributed by atoms with E-state index < -0.39 is 0 Å². The molecule has 0 atom stereocenters. The highest BCUT2D eigenvalue weighted by Crippen LogP contribution is 2.28. The van der Waals surface area contributed by atoms with Crippen LogP contribution in [0.3, 0.4) is 0 Å². The Morgan fingerprint density at radius 2 is 2.00 bits per heavy atom. The maximum Gasteiger partial charge on any atom is 0.257 e. The van der Waals surface area contributed by atoms with E-state index in [0.717, 1.165) is 43.6 Å². The summed E-state index contributed by atoms with van der Waals surface area (Å²) in [5, 5.41) is 2.93. The molecule has 5 nitrogen and oxygen atoms in total. The van der Waals surface area contributed by atoms with Crippen molar-refractivity contribution in [2.75, 3.05) is 52.9 Å². The molecular weight excluding hydrogens is 382 g/mol. The summed E-state index contributed by atoms with van der Waals surface area (Å²) in [5.74, 6) is 1.10. The van der Waals surface area contributed by atoms with Crippen LogP contribution in [-0.2, 0) is 4.79 Å². The molecule has 1 heterocycles. The minimum atomic E-state index is -0.0711. The maximum absolute atomic E-state index is 11.9. The van der Waals surface area contributed by atoms with Crippen molar-refractivity contribution in [1.29, 1.82) is 0 Å². The van der Waals surface area contributed by atoms with Gasteiger partial charge in [-0.1, -0.05) is 19.9 Å². The Bertz CT molecular complexity index is 558. The van der Waals surface area contributed by atoms with Gasteiger partial charge in [0.25, 0.3) is 5.91 Å². The maximum atomic E-state index is 11.9. The van der Waals surface area contributed by atoms with Gasteiger partial charge in [0.15, 0.2) is 6.61 Å². The van der Waals surface area contributed by atoms with Crippen LogP contribution in [0.15, 0.2) is 22.7 Å². The van der Waals surface area contributed by atoms with Crippen molar-refractivity contribution in [3.8, 4) is 5.75 Å². The topological polar surface area (TPSA) is 44.8 Å². The summed E-state index contributed by atoms with van der Waals surface area (Å²) in [4.78, 5) is 16.7. The number of likely N-dealkylation sites (N-methyl/N-ethyl adjacent to an activating group) is 1. The van der Waals surface area contributed by atoms with Crippen molar-refractivity contribution in [1.82, 2.24) is 15.1 Å². The van der Waals surface area contributed by atoms with Crippen LogP contribution in [-0.4, -0.2) is 68.6 Å². The standard InChI is InChI=1S/C19H30BrN3O2/c1-15(2)16-5-6-18(17(20)13-16)25-14-19(24)21-7-4-8-23-11-9-22(3)10-12-23/h5-6,13,15H,4,7-12,14H2,1-3H3,(H,21,24). The van der Waals surface area contributed by atoms with Gasteiger partial charge in [0.1, 0.15) is 5.75 Å². The van der Waals surface area contributed by atoms with Crippen LogP contribution in [0.25, 0.3) is 0 Å². The molecule has 1 saturated heterocycles. The summed E-state index contributed by atoms with van der Waals surface area (Å²) in [6, 6.07) is 6.01. The summed E-state index contributed by atoms with van der Waals surface area (Å²) in [7, 11) is 2.16. The van der Waals surface area contributed by atoms with Gasteiger partial charge in [0.2, 0.25) is 0 Å². The second-order valence-corrected chi connectivity index (χ2v) is 7.84. The number of nitrogens with zero attached hydrogens (tertiary/aromatic N) is 2. The Labute approximate surface area is 159 Å². The number of carbonyl (C=O) groups excluding carboxylic acids is 1. The van der Waals surface area contributed by atoms with Crippen molar-refractivity contribution in [3.63, 3.8) is 0 Å². The molecule has 0 unspecified atom stereocenters. The Hall–Kier alpha value is -1.11. The van der Waals surface area contributed by atoms with Crippen LogP contribution in [0.2, 0.25) is 0 Å². The first-order valence-corrected chi connectivity index (χ1v) is 9.85. The summed E-state index contributed by atoms with van der Waals surface area (Å²) in [6.45, 7) is 10.6. The molecule has 2 rings (SSSR count). The zero-order valence-corrected chi connectivity index (χ0v) is 17.1. The Morgan fingerprint density at radius 3 is 2.64 bits per heavy atom. The molecule has 0 bridgehead atoms. The molecule has 0 radical (unpaired) electrons. The molecule has 0 saturated carbocycles. The lowest BCUT2D eigenvalue weighted by Crippen LogP contribution is -2.45. The first-order valence-electron chi connectivity index (χ1n) is 9.05. The summed E-state index contributed by atoms with van der Waals surface area (Å²) in [5.41, 5.74) is 1.24. The fourth-order valence-corrected chi connectivity index (χ4v) is 3.30. The monoisotopic (exact) mass is 411 g/mol.